The molecule has 2 aromatic carbocycles. The molecule has 0 saturated carbocycles. The molecule has 3 rings (SSSR count). The molecule has 0 radical (unpaired) electrons. The van der Waals surface area contributed by atoms with Crippen LogP contribution in [0.2, 0.25) is 0 Å². The van der Waals surface area contributed by atoms with Crippen molar-refractivity contribution in [2.24, 2.45) is 0 Å². The van der Waals surface area contributed by atoms with Crippen molar-refractivity contribution in [3.05, 3.63) is 70.9 Å². The number of carbonyl (C=O) groups excluding carboxylic acids is 1. The molecule has 3 aromatic rings. The lowest BCUT2D eigenvalue weighted by Crippen LogP contribution is -2.30. The number of likely N-dealkylation sites (N-methyl/N-ethyl adjacent to an activating group) is 1. The summed E-state index contributed by atoms with van der Waals surface area (Å²) in [4.78, 5) is 13.7. The van der Waals surface area contributed by atoms with E-state index in [1.165, 1.54) is 11.3 Å². The van der Waals surface area contributed by atoms with Gasteiger partial charge in [0.25, 0.3) is 0 Å². The summed E-state index contributed by atoms with van der Waals surface area (Å²) in [7, 11) is 1.75. The lowest BCUT2D eigenvalue weighted by molar-refractivity contribution is -0.135. The maximum atomic E-state index is 14.0. The lowest BCUT2D eigenvalue weighted by Gasteiger charge is -2.17. The second-order valence-electron chi connectivity index (χ2n) is 5.94. The Kier molecular flexibility index (Phi) is 5.79. The Morgan fingerprint density at radius 3 is 2.80 bits per heavy atom. The van der Waals surface area contributed by atoms with E-state index >= 15 is 0 Å². The first-order chi connectivity index (χ1) is 12.1. The summed E-state index contributed by atoms with van der Waals surface area (Å²) in [5.41, 5.74) is 1.69. The van der Waals surface area contributed by atoms with Gasteiger partial charge in [0.05, 0.1) is 6.61 Å². The SMILES string of the molecule is CN(Cc1ccccc1)C(=O)COCCc1cc2ccsc2cc1F. The Morgan fingerprint density at radius 1 is 1.20 bits per heavy atom. The number of ether oxygens (including phenoxy) is 1. The lowest BCUT2D eigenvalue weighted by atomic mass is 10.1. The van der Waals surface area contributed by atoms with E-state index in [0.717, 1.165) is 15.6 Å². The van der Waals surface area contributed by atoms with E-state index in [1.54, 1.807) is 18.0 Å². The molecule has 0 fully saturated rings. The van der Waals surface area contributed by atoms with Crippen LogP contribution in [0.4, 0.5) is 4.39 Å². The Morgan fingerprint density at radius 2 is 2.00 bits per heavy atom. The molecular weight excluding hydrogens is 337 g/mol. The normalized spacial score (nSPS) is 11.0. The zero-order valence-corrected chi connectivity index (χ0v) is 14.9. The standard InChI is InChI=1S/C20H20FNO2S/c1-22(13-15-5-3-2-4-6-15)20(23)14-24-9-7-16-11-17-8-10-25-19(17)12-18(16)21/h2-6,8,10-12H,7,9,13-14H2,1H3. The van der Waals surface area contributed by atoms with Gasteiger partial charge in [-0.3, -0.25) is 4.79 Å². The molecule has 1 heterocycles. The van der Waals surface area contributed by atoms with E-state index < -0.39 is 0 Å². The van der Waals surface area contributed by atoms with Gasteiger partial charge in [-0.15, -0.1) is 11.3 Å². The first-order valence-electron chi connectivity index (χ1n) is 8.15. The van der Waals surface area contributed by atoms with E-state index in [1.807, 2.05) is 47.8 Å². The fourth-order valence-corrected chi connectivity index (χ4v) is 3.42. The van der Waals surface area contributed by atoms with Gasteiger partial charge in [-0.1, -0.05) is 30.3 Å². The van der Waals surface area contributed by atoms with Crippen molar-refractivity contribution in [1.82, 2.24) is 4.90 Å². The van der Waals surface area contributed by atoms with Crippen LogP contribution in [0.15, 0.2) is 53.9 Å². The van der Waals surface area contributed by atoms with Crippen LogP contribution in [0.1, 0.15) is 11.1 Å². The third-order valence-electron chi connectivity index (χ3n) is 4.05. The number of rotatable bonds is 7. The first kappa shape index (κ1) is 17.6. The van der Waals surface area contributed by atoms with Crippen molar-refractivity contribution in [3.63, 3.8) is 0 Å². The van der Waals surface area contributed by atoms with Gasteiger partial charge in [-0.2, -0.15) is 0 Å². The highest BCUT2D eigenvalue weighted by molar-refractivity contribution is 7.17. The van der Waals surface area contributed by atoms with Gasteiger partial charge < -0.3 is 9.64 Å². The highest BCUT2D eigenvalue weighted by Crippen LogP contribution is 2.24. The van der Waals surface area contributed by atoms with E-state index in [-0.39, 0.29) is 18.3 Å². The van der Waals surface area contributed by atoms with Gasteiger partial charge in [-0.25, -0.2) is 4.39 Å². The van der Waals surface area contributed by atoms with Crippen molar-refractivity contribution in [1.29, 1.82) is 0 Å². The molecule has 0 saturated heterocycles. The number of amides is 1. The summed E-state index contributed by atoms with van der Waals surface area (Å²) in [6, 6.07) is 15.2. The average Bonchev–Trinajstić information content (AvgIpc) is 3.06. The van der Waals surface area contributed by atoms with Crippen LogP contribution in [0.5, 0.6) is 0 Å². The summed E-state index contributed by atoms with van der Waals surface area (Å²) in [6.07, 6.45) is 0.452. The topological polar surface area (TPSA) is 29.5 Å². The molecule has 0 unspecified atom stereocenters. The number of hydrogen-bond acceptors (Lipinski definition) is 3. The maximum Gasteiger partial charge on any atom is 0.248 e. The molecule has 0 bridgehead atoms. The van der Waals surface area contributed by atoms with E-state index in [0.29, 0.717) is 25.1 Å². The molecule has 0 aliphatic rings. The molecule has 1 aromatic heterocycles. The van der Waals surface area contributed by atoms with Gasteiger partial charge in [0.15, 0.2) is 0 Å². The van der Waals surface area contributed by atoms with Crippen LogP contribution in [0.3, 0.4) is 0 Å². The fraction of sp³-hybridized carbons (Fsp3) is 0.250. The van der Waals surface area contributed by atoms with Crippen LogP contribution in [-0.4, -0.2) is 31.1 Å². The predicted octanol–water partition coefficient (Wildman–Crippen LogP) is 4.26. The van der Waals surface area contributed by atoms with Crippen LogP contribution < -0.4 is 0 Å². The van der Waals surface area contributed by atoms with Gasteiger partial charge >= 0.3 is 0 Å². The van der Waals surface area contributed by atoms with Crippen molar-refractivity contribution in [2.45, 2.75) is 13.0 Å². The van der Waals surface area contributed by atoms with Crippen molar-refractivity contribution in [3.8, 4) is 0 Å². The van der Waals surface area contributed by atoms with Crippen molar-refractivity contribution in [2.75, 3.05) is 20.3 Å². The molecule has 0 N–H and O–H groups in total. The number of carbonyl (C=O) groups is 1. The quantitative estimate of drug-likeness (QED) is 0.592. The largest absolute Gasteiger partial charge is 0.371 e. The zero-order valence-electron chi connectivity index (χ0n) is 14.1. The second kappa shape index (κ2) is 8.23. The molecule has 5 heteroatoms. The zero-order chi connectivity index (χ0) is 17.6. The first-order valence-corrected chi connectivity index (χ1v) is 9.03. The second-order valence-corrected chi connectivity index (χ2v) is 6.89. The number of fused-ring (bicyclic) bond motifs is 1. The van der Waals surface area contributed by atoms with E-state index in [2.05, 4.69) is 0 Å². The predicted molar refractivity (Wildman–Crippen MR) is 99.2 cm³/mol. The molecule has 0 spiro atoms. The number of hydrogen-bond donors (Lipinski definition) is 0. The van der Waals surface area contributed by atoms with Gasteiger partial charge in [0, 0.05) is 18.3 Å². The Hall–Kier alpha value is -2.24. The highest BCUT2D eigenvalue weighted by Gasteiger charge is 2.10. The monoisotopic (exact) mass is 357 g/mol. The van der Waals surface area contributed by atoms with E-state index in [4.69, 9.17) is 4.74 Å². The smallest absolute Gasteiger partial charge is 0.248 e. The minimum Gasteiger partial charge on any atom is -0.371 e. The third kappa shape index (κ3) is 4.65. The molecule has 130 valence electrons. The Labute approximate surface area is 150 Å². The maximum absolute atomic E-state index is 14.0. The summed E-state index contributed by atoms with van der Waals surface area (Å²) in [5, 5.41) is 2.99. The molecule has 0 aliphatic heterocycles. The third-order valence-corrected chi connectivity index (χ3v) is 4.93. The number of halogens is 1. The summed E-state index contributed by atoms with van der Waals surface area (Å²) in [6.45, 7) is 0.871. The minimum absolute atomic E-state index is 0.00560. The average molecular weight is 357 g/mol. The van der Waals surface area contributed by atoms with Crippen LogP contribution in [-0.2, 0) is 22.5 Å². The van der Waals surface area contributed by atoms with Crippen molar-refractivity contribution >= 4 is 27.3 Å². The molecule has 0 atom stereocenters. The number of thiophene rings is 1. The van der Waals surface area contributed by atoms with Crippen molar-refractivity contribution < 1.29 is 13.9 Å². The molecule has 3 nitrogen and oxygen atoms in total. The molecular formula is C20H20FNO2S. The van der Waals surface area contributed by atoms with Crippen LogP contribution >= 0.6 is 11.3 Å². The number of benzene rings is 2. The number of nitrogens with zero attached hydrogens (tertiary/aromatic N) is 1. The van der Waals surface area contributed by atoms with Gasteiger partial charge in [-0.05, 0) is 46.5 Å². The molecule has 0 aliphatic carbocycles. The van der Waals surface area contributed by atoms with Crippen LogP contribution in [0, 0.1) is 5.82 Å². The molecule has 1 amide bonds. The summed E-state index contributed by atoms with van der Waals surface area (Å²) in [5.74, 6) is -0.302. The minimum atomic E-state index is -0.217. The van der Waals surface area contributed by atoms with Gasteiger partial charge in [0.2, 0.25) is 5.91 Å². The highest BCUT2D eigenvalue weighted by atomic mass is 32.1. The summed E-state index contributed by atoms with van der Waals surface area (Å²) < 4.78 is 20.4. The van der Waals surface area contributed by atoms with Crippen LogP contribution in [0.25, 0.3) is 10.1 Å². The van der Waals surface area contributed by atoms with E-state index in [9.17, 15) is 9.18 Å². The Bertz CT molecular complexity index is 847. The Balaban J connectivity index is 1.45. The van der Waals surface area contributed by atoms with Gasteiger partial charge in [0.1, 0.15) is 12.4 Å². The fourth-order valence-electron chi connectivity index (χ4n) is 2.62. The summed E-state index contributed by atoms with van der Waals surface area (Å²) >= 11 is 1.52. The molecule has 25 heavy (non-hydrogen) atoms.